The zero-order valence-electron chi connectivity index (χ0n) is 21.7. The van der Waals surface area contributed by atoms with E-state index in [2.05, 4.69) is 0 Å². The highest BCUT2D eigenvalue weighted by Crippen LogP contribution is 2.42. The van der Waals surface area contributed by atoms with Gasteiger partial charge in [-0.15, -0.1) is 0 Å². The van der Waals surface area contributed by atoms with Gasteiger partial charge in [-0.05, 0) is 59.5 Å². The van der Waals surface area contributed by atoms with Crippen LogP contribution in [0.1, 0.15) is 47.1 Å². The molecule has 200 valence electrons. The van der Waals surface area contributed by atoms with Gasteiger partial charge in [-0.2, -0.15) is 0 Å². The monoisotopic (exact) mass is 531 g/mol. The maximum Gasteiger partial charge on any atom is 0.291 e. The Kier molecular flexibility index (Phi) is 6.13. The van der Waals surface area contributed by atoms with Crippen molar-refractivity contribution in [2.24, 2.45) is 5.92 Å². The number of carbonyl (C=O) groups excluding carboxylic acids is 1. The molecule has 2 aliphatic rings. The Morgan fingerprint density at radius 2 is 1.82 bits per heavy atom. The molecule has 0 N–H and O–H groups in total. The minimum Gasteiger partial charge on any atom is -0.493 e. The number of nitrogens with zero attached hydrogens (tertiary/aromatic N) is 1. The maximum absolute atomic E-state index is 14.1. The van der Waals surface area contributed by atoms with Crippen molar-refractivity contribution in [2.45, 2.75) is 26.4 Å². The molecule has 1 aromatic heterocycles. The first-order valence-corrected chi connectivity index (χ1v) is 12.6. The Balaban J connectivity index is 1.49. The van der Waals surface area contributed by atoms with Crippen molar-refractivity contribution >= 4 is 16.9 Å². The second-order valence-corrected chi connectivity index (χ2v) is 9.95. The van der Waals surface area contributed by atoms with E-state index in [4.69, 9.17) is 23.4 Å². The van der Waals surface area contributed by atoms with E-state index in [1.165, 1.54) is 19.2 Å². The largest absolute Gasteiger partial charge is 0.493 e. The molecule has 39 heavy (non-hydrogen) atoms. The molecule has 2 aliphatic heterocycles. The number of carbonyl (C=O) groups is 1. The number of amides is 1. The molecule has 0 radical (unpaired) electrons. The third kappa shape index (κ3) is 4.33. The summed E-state index contributed by atoms with van der Waals surface area (Å²) < 4.78 is 42.5. The molecule has 0 saturated heterocycles. The smallest absolute Gasteiger partial charge is 0.291 e. The summed E-state index contributed by atoms with van der Waals surface area (Å²) >= 11 is 0. The van der Waals surface area contributed by atoms with E-state index in [1.807, 2.05) is 19.9 Å². The molecule has 1 unspecified atom stereocenters. The zero-order chi connectivity index (χ0) is 27.3. The summed E-state index contributed by atoms with van der Waals surface area (Å²) in [5.74, 6) is 1.45. The highest BCUT2D eigenvalue weighted by molar-refractivity contribution is 5.99. The first-order chi connectivity index (χ1) is 18.8. The molecule has 0 spiro atoms. The molecule has 0 fully saturated rings. The number of benzene rings is 3. The van der Waals surface area contributed by atoms with E-state index in [0.29, 0.717) is 41.1 Å². The molecule has 9 heteroatoms. The van der Waals surface area contributed by atoms with Crippen LogP contribution in [-0.4, -0.2) is 31.3 Å². The topological polar surface area (TPSA) is 87.4 Å². The number of hydrogen-bond acceptors (Lipinski definition) is 7. The molecule has 3 heterocycles. The van der Waals surface area contributed by atoms with Crippen molar-refractivity contribution in [3.63, 3.8) is 0 Å². The van der Waals surface area contributed by atoms with Gasteiger partial charge in [-0.1, -0.05) is 26.0 Å². The predicted octanol–water partition coefficient (Wildman–Crippen LogP) is 5.45. The molecule has 6 rings (SSSR count). The van der Waals surface area contributed by atoms with Crippen LogP contribution in [0.15, 0.2) is 63.8 Å². The van der Waals surface area contributed by atoms with Crippen molar-refractivity contribution in [1.29, 1.82) is 0 Å². The number of fused-ring (bicyclic) bond motifs is 3. The van der Waals surface area contributed by atoms with Gasteiger partial charge >= 0.3 is 0 Å². The van der Waals surface area contributed by atoms with Crippen LogP contribution in [0, 0.1) is 11.7 Å². The molecular weight excluding hydrogens is 505 g/mol. The fraction of sp³-hybridized carbons (Fsp3) is 0.267. The lowest BCUT2D eigenvalue weighted by molar-refractivity contribution is 0.0714. The summed E-state index contributed by atoms with van der Waals surface area (Å²) in [7, 11) is 1.53. The van der Waals surface area contributed by atoms with Gasteiger partial charge in [0.05, 0.1) is 30.7 Å². The van der Waals surface area contributed by atoms with E-state index in [0.717, 1.165) is 11.6 Å². The second kappa shape index (κ2) is 9.65. The normalized spacial score (nSPS) is 15.8. The summed E-state index contributed by atoms with van der Waals surface area (Å²) in [6.45, 7) is 4.87. The molecule has 3 aromatic carbocycles. The summed E-state index contributed by atoms with van der Waals surface area (Å²) in [4.78, 5) is 29.1. The summed E-state index contributed by atoms with van der Waals surface area (Å²) in [6.07, 6.45) is 0. The average Bonchev–Trinajstić information content (AvgIpc) is 3.50. The number of hydrogen-bond donors (Lipinski definition) is 0. The number of halogens is 1. The molecule has 0 saturated carbocycles. The molecule has 1 atom stereocenters. The van der Waals surface area contributed by atoms with Gasteiger partial charge in [0, 0.05) is 6.54 Å². The predicted molar refractivity (Wildman–Crippen MR) is 140 cm³/mol. The average molecular weight is 532 g/mol. The Morgan fingerprint density at radius 3 is 2.62 bits per heavy atom. The molecule has 8 nitrogen and oxygen atoms in total. The van der Waals surface area contributed by atoms with Crippen molar-refractivity contribution in [2.75, 3.05) is 20.5 Å². The lowest BCUT2D eigenvalue weighted by Crippen LogP contribution is -2.29. The Bertz CT molecular complexity index is 1660. The quantitative estimate of drug-likeness (QED) is 0.313. The first kappa shape index (κ1) is 24.8. The summed E-state index contributed by atoms with van der Waals surface area (Å²) in [6, 6.07) is 13.6. The van der Waals surface area contributed by atoms with Crippen LogP contribution in [0.2, 0.25) is 0 Å². The van der Waals surface area contributed by atoms with Crippen molar-refractivity contribution in [3.05, 3.63) is 93.1 Å². The van der Waals surface area contributed by atoms with Crippen LogP contribution < -0.4 is 24.4 Å². The van der Waals surface area contributed by atoms with Gasteiger partial charge in [-0.25, -0.2) is 4.39 Å². The van der Waals surface area contributed by atoms with Crippen LogP contribution in [0.5, 0.6) is 23.0 Å². The van der Waals surface area contributed by atoms with E-state index in [9.17, 15) is 14.0 Å². The van der Waals surface area contributed by atoms with E-state index in [1.54, 1.807) is 35.2 Å². The lowest BCUT2D eigenvalue weighted by Gasteiger charge is -2.26. The molecule has 0 aliphatic carbocycles. The third-order valence-corrected chi connectivity index (χ3v) is 6.79. The van der Waals surface area contributed by atoms with E-state index in [-0.39, 0.29) is 35.6 Å². The Morgan fingerprint density at radius 1 is 1.00 bits per heavy atom. The minimum absolute atomic E-state index is 0.0658. The summed E-state index contributed by atoms with van der Waals surface area (Å²) in [5.41, 5.74) is 1.23. The number of ether oxygens (including phenoxy) is 4. The number of rotatable bonds is 7. The van der Waals surface area contributed by atoms with Crippen LogP contribution in [0.25, 0.3) is 11.0 Å². The van der Waals surface area contributed by atoms with E-state index >= 15 is 0 Å². The van der Waals surface area contributed by atoms with Crippen LogP contribution in [-0.2, 0) is 6.54 Å². The van der Waals surface area contributed by atoms with E-state index < -0.39 is 23.2 Å². The Labute approximate surface area is 223 Å². The maximum atomic E-state index is 14.1. The zero-order valence-corrected chi connectivity index (χ0v) is 21.7. The highest BCUT2D eigenvalue weighted by Gasteiger charge is 2.43. The van der Waals surface area contributed by atoms with Gasteiger partial charge in [-0.3, -0.25) is 9.59 Å². The SMILES string of the molecule is COc1cc(C2c3c(oc4ccc(F)cc4c3=O)C(=O)N2Cc2ccc3c(c2)OCO3)ccc1OCC(C)C. The fourth-order valence-electron chi connectivity index (χ4n) is 4.97. The van der Waals surface area contributed by atoms with Crippen molar-refractivity contribution < 1.29 is 32.5 Å². The van der Waals surface area contributed by atoms with Crippen LogP contribution in [0.4, 0.5) is 4.39 Å². The molecule has 4 aromatic rings. The molecular formula is C30H26FNO7. The third-order valence-electron chi connectivity index (χ3n) is 6.79. The lowest BCUT2D eigenvalue weighted by atomic mass is 9.97. The second-order valence-electron chi connectivity index (χ2n) is 9.95. The van der Waals surface area contributed by atoms with Crippen molar-refractivity contribution in [1.82, 2.24) is 4.90 Å². The molecule has 0 bridgehead atoms. The standard InChI is InChI=1S/C30H26FNO7/c1-16(2)14-36-22-8-5-18(11-24(22)35-3)27-26-28(33)20-12-19(31)6-9-21(20)39-29(26)30(34)32(27)13-17-4-7-23-25(10-17)38-15-37-23/h4-12,16,27H,13-15H2,1-3H3. The van der Waals surface area contributed by atoms with Gasteiger partial charge in [0.2, 0.25) is 12.6 Å². The van der Waals surface area contributed by atoms with Gasteiger partial charge < -0.3 is 28.3 Å². The van der Waals surface area contributed by atoms with Crippen molar-refractivity contribution in [3.8, 4) is 23.0 Å². The van der Waals surface area contributed by atoms with Crippen LogP contribution >= 0.6 is 0 Å². The fourth-order valence-corrected chi connectivity index (χ4v) is 4.97. The number of methoxy groups -OCH3 is 1. The van der Waals surface area contributed by atoms with Gasteiger partial charge in [0.1, 0.15) is 11.4 Å². The van der Waals surface area contributed by atoms with Crippen LogP contribution in [0.3, 0.4) is 0 Å². The minimum atomic E-state index is -0.810. The molecule has 1 amide bonds. The summed E-state index contributed by atoms with van der Waals surface area (Å²) in [5, 5.41) is 0.0698. The van der Waals surface area contributed by atoms with Gasteiger partial charge in [0.25, 0.3) is 5.91 Å². The Hall–Kier alpha value is -4.53. The highest BCUT2D eigenvalue weighted by atomic mass is 19.1. The first-order valence-electron chi connectivity index (χ1n) is 12.6. The van der Waals surface area contributed by atoms with Gasteiger partial charge in [0.15, 0.2) is 28.4 Å².